The predicted molar refractivity (Wildman–Crippen MR) is 59.8 cm³/mol. The third-order valence-electron chi connectivity index (χ3n) is 4.21. The van der Waals surface area contributed by atoms with Gasteiger partial charge in [0.25, 0.3) is 0 Å². The van der Waals surface area contributed by atoms with E-state index in [-0.39, 0.29) is 17.5 Å². The molecule has 0 aromatic rings. The zero-order chi connectivity index (χ0) is 11.2. The number of likely N-dealkylation sites (tertiary alicyclic amines) is 1. The highest BCUT2D eigenvalue weighted by Crippen LogP contribution is 2.63. The summed E-state index contributed by atoms with van der Waals surface area (Å²) in [5.74, 6) is 0.880. The van der Waals surface area contributed by atoms with Gasteiger partial charge in [0.15, 0.2) is 0 Å². The molecule has 1 heterocycles. The fourth-order valence-corrected chi connectivity index (χ4v) is 3.56. The summed E-state index contributed by atoms with van der Waals surface area (Å²) in [6.07, 6.45) is 2.38. The van der Waals surface area contributed by atoms with Gasteiger partial charge < -0.3 is 5.73 Å². The van der Waals surface area contributed by atoms with Gasteiger partial charge in [-0.15, -0.1) is 0 Å². The smallest absolute Gasteiger partial charge is 0.0662 e. The molecule has 0 aromatic carbocycles. The van der Waals surface area contributed by atoms with Crippen molar-refractivity contribution in [2.24, 2.45) is 23.0 Å². The predicted octanol–water partition coefficient (Wildman–Crippen LogP) is 1.55. The molecule has 3 nitrogen and oxygen atoms in total. The second-order valence-electron chi connectivity index (χ2n) is 5.54. The van der Waals surface area contributed by atoms with E-state index in [4.69, 9.17) is 11.0 Å². The zero-order valence-corrected chi connectivity index (χ0v) is 9.90. The highest BCUT2D eigenvalue weighted by molar-refractivity contribution is 5.21. The van der Waals surface area contributed by atoms with Crippen molar-refractivity contribution >= 4 is 0 Å². The van der Waals surface area contributed by atoms with Crippen molar-refractivity contribution in [1.82, 2.24) is 4.90 Å². The van der Waals surface area contributed by atoms with Gasteiger partial charge in [0, 0.05) is 18.0 Å². The highest BCUT2D eigenvalue weighted by Gasteiger charge is 2.64. The summed E-state index contributed by atoms with van der Waals surface area (Å²) in [6.45, 7) is 7.62. The van der Waals surface area contributed by atoms with E-state index >= 15 is 0 Å². The van der Waals surface area contributed by atoms with E-state index in [9.17, 15) is 0 Å². The number of nitrogens with zero attached hydrogens (tertiary/aromatic N) is 2. The maximum Gasteiger partial charge on any atom is 0.0662 e. The van der Waals surface area contributed by atoms with Crippen LogP contribution in [-0.2, 0) is 0 Å². The van der Waals surface area contributed by atoms with Crippen molar-refractivity contribution in [3.8, 4) is 6.07 Å². The van der Waals surface area contributed by atoms with Gasteiger partial charge in [0.2, 0.25) is 0 Å². The van der Waals surface area contributed by atoms with E-state index in [1.54, 1.807) is 0 Å². The van der Waals surface area contributed by atoms with Gasteiger partial charge in [0.1, 0.15) is 0 Å². The second-order valence-corrected chi connectivity index (χ2v) is 5.54. The Morgan fingerprint density at radius 2 is 2.13 bits per heavy atom. The van der Waals surface area contributed by atoms with Crippen molar-refractivity contribution < 1.29 is 0 Å². The van der Waals surface area contributed by atoms with Gasteiger partial charge in [-0.2, -0.15) is 5.26 Å². The minimum absolute atomic E-state index is 0.122. The first kappa shape index (κ1) is 10.9. The first-order valence-corrected chi connectivity index (χ1v) is 5.94. The van der Waals surface area contributed by atoms with Crippen LogP contribution in [-0.4, -0.2) is 23.7 Å². The van der Waals surface area contributed by atoms with Crippen LogP contribution in [0.2, 0.25) is 0 Å². The van der Waals surface area contributed by atoms with Crippen molar-refractivity contribution in [2.45, 2.75) is 45.8 Å². The average molecular weight is 207 g/mol. The van der Waals surface area contributed by atoms with Gasteiger partial charge in [-0.05, 0) is 25.7 Å². The molecular formula is C12H21N3. The maximum atomic E-state index is 9.06. The highest BCUT2D eigenvalue weighted by atomic mass is 15.3. The molecule has 0 bridgehead atoms. The molecule has 1 aliphatic carbocycles. The van der Waals surface area contributed by atoms with Crippen LogP contribution >= 0.6 is 0 Å². The molecule has 2 rings (SSSR count). The minimum Gasteiger partial charge on any atom is -0.316 e. The van der Waals surface area contributed by atoms with Crippen LogP contribution in [0.15, 0.2) is 0 Å². The van der Waals surface area contributed by atoms with Crippen molar-refractivity contribution in [3.05, 3.63) is 0 Å². The van der Waals surface area contributed by atoms with Gasteiger partial charge in [-0.25, -0.2) is 0 Å². The van der Waals surface area contributed by atoms with Crippen LogP contribution in [0.4, 0.5) is 0 Å². The van der Waals surface area contributed by atoms with Gasteiger partial charge in [-0.1, -0.05) is 13.8 Å². The monoisotopic (exact) mass is 207 g/mol. The second kappa shape index (κ2) is 3.47. The Kier molecular flexibility index (Phi) is 2.52. The maximum absolute atomic E-state index is 9.06. The molecule has 4 atom stereocenters. The van der Waals surface area contributed by atoms with Crippen LogP contribution in [0.1, 0.15) is 33.6 Å². The SMILES string of the molecule is CC(C)C1N(C(C)N)CCC12CC2C#N. The lowest BCUT2D eigenvalue weighted by Gasteiger charge is -2.34. The summed E-state index contributed by atoms with van der Waals surface area (Å²) in [5, 5.41) is 9.06. The van der Waals surface area contributed by atoms with Gasteiger partial charge in [-0.3, -0.25) is 4.90 Å². The number of nitrogens with two attached hydrogens (primary N) is 1. The Bertz CT molecular complexity index is 292. The third-order valence-corrected chi connectivity index (χ3v) is 4.21. The lowest BCUT2D eigenvalue weighted by atomic mass is 9.86. The lowest BCUT2D eigenvalue weighted by Crippen LogP contribution is -2.47. The first-order chi connectivity index (χ1) is 7.03. The number of hydrogen-bond acceptors (Lipinski definition) is 3. The molecule has 84 valence electrons. The van der Waals surface area contributed by atoms with E-state index in [0.29, 0.717) is 12.0 Å². The standard InChI is InChI=1S/C12H21N3/c1-8(2)11-12(6-10(12)7-13)4-5-15(11)9(3)14/h8-11H,4-6,14H2,1-3H3. The molecule has 4 unspecified atom stereocenters. The van der Waals surface area contributed by atoms with E-state index in [0.717, 1.165) is 19.4 Å². The molecule has 1 saturated carbocycles. The number of nitriles is 1. The van der Waals surface area contributed by atoms with Crippen LogP contribution in [0.25, 0.3) is 0 Å². The van der Waals surface area contributed by atoms with Crippen LogP contribution in [0, 0.1) is 28.6 Å². The van der Waals surface area contributed by atoms with Crippen LogP contribution in [0.3, 0.4) is 0 Å². The van der Waals surface area contributed by atoms with E-state index in [2.05, 4.69) is 31.7 Å². The fraction of sp³-hybridized carbons (Fsp3) is 0.917. The molecule has 2 N–H and O–H groups in total. The van der Waals surface area contributed by atoms with E-state index < -0.39 is 0 Å². The quantitative estimate of drug-likeness (QED) is 0.747. The van der Waals surface area contributed by atoms with Gasteiger partial charge in [0.05, 0.1) is 18.2 Å². The van der Waals surface area contributed by atoms with Crippen molar-refractivity contribution in [3.63, 3.8) is 0 Å². The summed E-state index contributed by atoms with van der Waals surface area (Å²) in [4.78, 5) is 2.39. The summed E-state index contributed by atoms with van der Waals surface area (Å²) in [5.41, 5.74) is 6.29. The number of rotatable bonds is 2. The fourth-order valence-electron chi connectivity index (χ4n) is 3.56. The molecule has 1 spiro atoms. The Morgan fingerprint density at radius 3 is 2.53 bits per heavy atom. The Morgan fingerprint density at radius 1 is 1.47 bits per heavy atom. The van der Waals surface area contributed by atoms with E-state index in [1.165, 1.54) is 0 Å². The molecule has 0 amide bonds. The number of hydrogen-bond donors (Lipinski definition) is 1. The Balaban J connectivity index is 2.20. The summed E-state index contributed by atoms with van der Waals surface area (Å²) in [7, 11) is 0. The molecule has 0 radical (unpaired) electrons. The lowest BCUT2D eigenvalue weighted by molar-refractivity contribution is 0.124. The molecule has 2 fully saturated rings. The Hall–Kier alpha value is -0.590. The molecular weight excluding hydrogens is 186 g/mol. The summed E-state index contributed by atoms with van der Waals surface area (Å²) in [6, 6.07) is 2.96. The Labute approximate surface area is 92.2 Å². The molecule has 1 aliphatic heterocycles. The molecule has 0 aromatic heterocycles. The molecule has 2 aliphatic rings. The van der Waals surface area contributed by atoms with Crippen molar-refractivity contribution in [1.29, 1.82) is 5.26 Å². The molecule has 3 heteroatoms. The normalized spacial score (nSPS) is 42.1. The topological polar surface area (TPSA) is 53.0 Å². The van der Waals surface area contributed by atoms with Gasteiger partial charge >= 0.3 is 0 Å². The summed E-state index contributed by atoms with van der Waals surface area (Å²) < 4.78 is 0. The largest absolute Gasteiger partial charge is 0.316 e. The van der Waals surface area contributed by atoms with Crippen LogP contribution < -0.4 is 5.73 Å². The third kappa shape index (κ3) is 1.47. The zero-order valence-electron chi connectivity index (χ0n) is 9.90. The van der Waals surface area contributed by atoms with Crippen molar-refractivity contribution in [2.75, 3.05) is 6.54 Å². The minimum atomic E-state index is 0.122. The molecule has 1 saturated heterocycles. The first-order valence-electron chi connectivity index (χ1n) is 5.94. The summed E-state index contributed by atoms with van der Waals surface area (Å²) >= 11 is 0. The average Bonchev–Trinajstić information content (AvgIpc) is 2.68. The molecule has 15 heavy (non-hydrogen) atoms. The van der Waals surface area contributed by atoms with Crippen LogP contribution in [0.5, 0.6) is 0 Å². The van der Waals surface area contributed by atoms with E-state index in [1.807, 2.05) is 0 Å².